The lowest BCUT2D eigenvalue weighted by Gasteiger charge is -2.31. The Morgan fingerprint density at radius 3 is 2.29 bits per heavy atom. The number of hydrogen-bond acceptors (Lipinski definition) is 6. The van der Waals surface area contributed by atoms with Crippen LogP contribution in [0.3, 0.4) is 0 Å². The van der Waals surface area contributed by atoms with E-state index in [1.54, 1.807) is 20.8 Å². The molecule has 1 aliphatic heterocycles. The zero-order valence-electron chi connectivity index (χ0n) is 20.4. The second-order valence-electron chi connectivity index (χ2n) is 9.59. The number of hydrogen-bond donors (Lipinski definition) is 1. The smallest absolute Gasteiger partial charge is 0.449 e. The number of ether oxygens (including phenoxy) is 1. The highest BCUT2D eigenvalue weighted by Crippen LogP contribution is 2.32. The highest BCUT2D eigenvalue weighted by molar-refractivity contribution is 5.85. The Labute approximate surface area is 212 Å². The summed E-state index contributed by atoms with van der Waals surface area (Å²) < 4.78 is 87.0. The fourth-order valence-corrected chi connectivity index (χ4v) is 3.93. The SMILES string of the molecule is CC(C)(C)OC(=O)N[C@@H](CC(=O)N1CCn2c(C(F)(F)F)nc(C(=O)[O-])c2C1)Cc1cc(F)c(F)cc1F. The molecule has 38 heavy (non-hydrogen) atoms. The van der Waals surface area contributed by atoms with Crippen molar-refractivity contribution in [2.45, 2.75) is 64.5 Å². The Balaban J connectivity index is 1.84. The number of nitrogens with one attached hydrogen (secondary N) is 1. The summed E-state index contributed by atoms with van der Waals surface area (Å²) in [5, 5.41) is 13.7. The predicted octanol–water partition coefficient (Wildman–Crippen LogP) is 2.55. The number of imidazole rings is 1. The number of halogens is 6. The lowest BCUT2D eigenvalue weighted by molar-refractivity contribution is -0.255. The Bertz CT molecular complexity index is 1250. The van der Waals surface area contributed by atoms with E-state index in [0.717, 1.165) is 4.90 Å². The van der Waals surface area contributed by atoms with E-state index in [1.165, 1.54) is 0 Å². The number of carboxylic acid groups (broad SMARTS) is 1. The molecule has 1 aromatic heterocycles. The van der Waals surface area contributed by atoms with Crippen LogP contribution in [0.2, 0.25) is 0 Å². The summed E-state index contributed by atoms with van der Waals surface area (Å²) in [7, 11) is 0. The fourth-order valence-electron chi connectivity index (χ4n) is 3.93. The van der Waals surface area contributed by atoms with Crippen molar-refractivity contribution in [3.63, 3.8) is 0 Å². The first kappa shape index (κ1) is 28.8. The van der Waals surface area contributed by atoms with Gasteiger partial charge in [0, 0.05) is 31.6 Å². The quantitative estimate of drug-likeness (QED) is 0.438. The van der Waals surface area contributed by atoms with E-state index in [9.17, 15) is 45.8 Å². The molecule has 0 unspecified atom stereocenters. The summed E-state index contributed by atoms with van der Waals surface area (Å²) in [5.41, 5.74) is -2.68. The van der Waals surface area contributed by atoms with Gasteiger partial charge >= 0.3 is 12.3 Å². The van der Waals surface area contributed by atoms with E-state index in [2.05, 4.69) is 10.3 Å². The molecule has 0 bridgehead atoms. The number of rotatable bonds is 6. The second kappa shape index (κ2) is 10.5. The lowest BCUT2D eigenvalue weighted by atomic mass is 10.0. The van der Waals surface area contributed by atoms with Crippen molar-refractivity contribution in [1.29, 1.82) is 0 Å². The minimum Gasteiger partial charge on any atom is -0.543 e. The van der Waals surface area contributed by atoms with E-state index in [-0.39, 0.29) is 12.1 Å². The number of alkyl carbamates (subject to hydrolysis) is 1. The summed E-state index contributed by atoms with van der Waals surface area (Å²) in [6.45, 7) is 3.41. The van der Waals surface area contributed by atoms with Crippen molar-refractivity contribution in [2.24, 2.45) is 0 Å². The highest BCUT2D eigenvalue weighted by atomic mass is 19.4. The van der Waals surface area contributed by atoms with Crippen molar-refractivity contribution in [3.8, 4) is 0 Å². The van der Waals surface area contributed by atoms with Crippen LogP contribution in [0.5, 0.6) is 0 Å². The third kappa shape index (κ3) is 6.75. The van der Waals surface area contributed by atoms with Crippen LogP contribution in [-0.2, 0) is 35.2 Å². The summed E-state index contributed by atoms with van der Waals surface area (Å²) in [4.78, 5) is 40.9. The molecule has 0 spiro atoms. The number of amides is 2. The lowest BCUT2D eigenvalue weighted by Crippen LogP contribution is -2.46. The number of carbonyl (C=O) groups is 3. The van der Waals surface area contributed by atoms with Crippen molar-refractivity contribution in [1.82, 2.24) is 19.8 Å². The molecule has 208 valence electrons. The first-order valence-electron chi connectivity index (χ1n) is 11.2. The van der Waals surface area contributed by atoms with Gasteiger partial charge in [0.05, 0.1) is 18.2 Å². The molecule has 0 aliphatic carbocycles. The molecule has 2 amide bonds. The van der Waals surface area contributed by atoms with Crippen molar-refractivity contribution < 1.29 is 50.6 Å². The average Bonchev–Trinajstić information content (AvgIpc) is 3.15. The van der Waals surface area contributed by atoms with Gasteiger partial charge < -0.3 is 29.4 Å². The molecule has 1 N–H and O–H groups in total. The van der Waals surface area contributed by atoms with E-state index in [1.807, 2.05) is 0 Å². The zero-order chi connectivity index (χ0) is 28.6. The number of carboxylic acids is 1. The van der Waals surface area contributed by atoms with Gasteiger partial charge in [-0.2, -0.15) is 13.2 Å². The number of fused-ring (bicyclic) bond motifs is 1. The first-order valence-corrected chi connectivity index (χ1v) is 11.2. The number of carbonyl (C=O) groups excluding carboxylic acids is 3. The standard InChI is InChI=1S/C23H24F6N4O5/c1-22(2,3)38-21(37)30-12(6-11-7-14(25)15(26)9-13(11)24)8-17(34)32-4-5-33-16(10-32)18(19(35)36)31-20(33)23(27,28)29/h7,9,12H,4-6,8,10H2,1-3H3,(H,30,37)(H,35,36)/p-1/t12-/m1/s1. The van der Waals surface area contributed by atoms with Gasteiger partial charge in [0.25, 0.3) is 0 Å². The normalized spacial score (nSPS) is 14.6. The highest BCUT2D eigenvalue weighted by Gasteiger charge is 2.41. The molecule has 15 heteroatoms. The van der Waals surface area contributed by atoms with Crippen molar-refractivity contribution in [3.05, 3.63) is 52.4 Å². The van der Waals surface area contributed by atoms with Crippen LogP contribution in [-0.4, -0.2) is 50.6 Å². The molecular formula is C23H23F6N4O5-. The number of alkyl halides is 3. The Kier molecular flexibility index (Phi) is 7.98. The molecule has 3 rings (SSSR count). The monoisotopic (exact) mass is 549 g/mol. The zero-order valence-corrected chi connectivity index (χ0v) is 20.4. The van der Waals surface area contributed by atoms with Gasteiger partial charge in [-0.15, -0.1) is 0 Å². The molecule has 1 aliphatic rings. The number of aromatic carboxylic acids is 1. The van der Waals surface area contributed by atoms with Crippen LogP contribution in [0.4, 0.5) is 31.1 Å². The molecule has 2 aromatic rings. The molecule has 0 saturated heterocycles. The minimum atomic E-state index is -4.95. The van der Waals surface area contributed by atoms with Crippen LogP contribution in [0.1, 0.15) is 54.8 Å². The fraction of sp³-hybridized carbons (Fsp3) is 0.478. The van der Waals surface area contributed by atoms with Gasteiger partial charge in [-0.3, -0.25) is 4.79 Å². The van der Waals surface area contributed by atoms with Gasteiger partial charge in [0.2, 0.25) is 11.7 Å². The van der Waals surface area contributed by atoms with E-state index in [0.29, 0.717) is 16.7 Å². The second-order valence-corrected chi connectivity index (χ2v) is 9.59. The van der Waals surface area contributed by atoms with Gasteiger partial charge in [-0.25, -0.2) is 22.9 Å². The first-order chi connectivity index (χ1) is 17.5. The summed E-state index contributed by atoms with van der Waals surface area (Å²) >= 11 is 0. The number of nitrogens with zero attached hydrogens (tertiary/aromatic N) is 3. The Hall–Kier alpha value is -3.78. The molecule has 0 fully saturated rings. The molecule has 0 saturated carbocycles. The van der Waals surface area contributed by atoms with Gasteiger partial charge in [-0.05, 0) is 38.8 Å². The molecule has 1 aromatic carbocycles. The third-order valence-corrected chi connectivity index (χ3v) is 5.50. The summed E-state index contributed by atoms with van der Waals surface area (Å²) in [6.07, 6.45) is -6.98. The van der Waals surface area contributed by atoms with Gasteiger partial charge in [0.15, 0.2) is 11.6 Å². The maximum absolute atomic E-state index is 14.3. The maximum Gasteiger partial charge on any atom is 0.449 e. The molecular weight excluding hydrogens is 526 g/mol. The van der Waals surface area contributed by atoms with Crippen LogP contribution in [0.15, 0.2) is 12.1 Å². The molecule has 9 nitrogen and oxygen atoms in total. The predicted molar refractivity (Wildman–Crippen MR) is 115 cm³/mol. The average molecular weight is 549 g/mol. The number of aromatic nitrogens is 2. The number of benzene rings is 1. The molecule has 2 heterocycles. The maximum atomic E-state index is 14.3. The largest absolute Gasteiger partial charge is 0.543 e. The van der Waals surface area contributed by atoms with Crippen LogP contribution >= 0.6 is 0 Å². The third-order valence-electron chi connectivity index (χ3n) is 5.50. The van der Waals surface area contributed by atoms with Crippen molar-refractivity contribution in [2.75, 3.05) is 6.54 Å². The van der Waals surface area contributed by atoms with E-state index < -0.39 is 96.4 Å². The Morgan fingerprint density at radius 2 is 1.71 bits per heavy atom. The van der Waals surface area contributed by atoms with E-state index in [4.69, 9.17) is 4.74 Å². The Morgan fingerprint density at radius 1 is 1.08 bits per heavy atom. The van der Waals surface area contributed by atoms with Crippen LogP contribution < -0.4 is 10.4 Å². The molecule has 1 atom stereocenters. The minimum absolute atomic E-state index is 0.267. The summed E-state index contributed by atoms with van der Waals surface area (Å²) in [5.74, 6) is -8.09. The van der Waals surface area contributed by atoms with E-state index >= 15 is 0 Å². The molecule has 0 radical (unpaired) electrons. The van der Waals surface area contributed by atoms with Crippen molar-refractivity contribution >= 4 is 18.0 Å². The van der Waals surface area contributed by atoms with Gasteiger partial charge in [0.1, 0.15) is 17.1 Å². The summed E-state index contributed by atoms with van der Waals surface area (Å²) in [6, 6.07) is -0.332. The van der Waals surface area contributed by atoms with Gasteiger partial charge in [-0.1, -0.05) is 0 Å². The van der Waals surface area contributed by atoms with Crippen LogP contribution in [0.25, 0.3) is 0 Å². The van der Waals surface area contributed by atoms with Crippen LogP contribution in [0, 0.1) is 17.5 Å². The topological polar surface area (TPSA) is 117 Å².